The van der Waals surface area contributed by atoms with Crippen LogP contribution in [0.1, 0.15) is 0 Å². The molecule has 44 valence electrons. The number of rotatable bonds is 1. The van der Waals surface area contributed by atoms with Crippen molar-refractivity contribution >= 4 is 49.3 Å². The Morgan fingerprint density at radius 3 is 2.00 bits per heavy atom. The van der Waals surface area contributed by atoms with Crippen LogP contribution in [-0.4, -0.2) is 46.3 Å². The first kappa shape index (κ1) is 11.7. The monoisotopic (exact) mass is 161 g/mol. The second-order valence-electron chi connectivity index (χ2n) is 1.43. The summed E-state index contributed by atoms with van der Waals surface area (Å²) in [7, 11) is -1.26. The fourth-order valence-corrected chi connectivity index (χ4v) is 0.885. The molecule has 0 aliphatic heterocycles. The van der Waals surface area contributed by atoms with E-state index in [2.05, 4.69) is 0 Å². The van der Waals surface area contributed by atoms with Crippen molar-refractivity contribution in [3.8, 4) is 5.40 Å². The number of thiol groups is 1. The Bertz CT molecular complexity index is 135. The van der Waals surface area contributed by atoms with Gasteiger partial charge in [-0.15, -0.1) is 0 Å². The third-order valence-corrected chi connectivity index (χ3v) is 2.35. The maximum absolute atomic E-state index is 10.6. The Labute approximate surface area is 76.1 Å². The summed E-state index contributed by atoms with van der Waals surface area (Å²) in [6.45, 7) is 0. The summed E-state index contributed by atoms with van der Waals surface area (Å²) in [6.07, 6.45) is 3.14. The topological polar surface area (TPSA) is 40.9 Å². The molecular formula is C3H8NNaOS2. The summed E-state index contributed by atoms with van der Waals surface area (Å²) >= 11 is 0. The molecule has 0 saturated carbocycles. The summed E-state index contributed by atoms with van der Waals surface area (Å²) in [5.41, 5.74) is 0. The molecule has 0 bridgehead atoms. The van der Waals surface area contributed by atoms with Gasteiger partial charge in [-0.05, 0) is 12.5 Å². The minimum absolute atomic E-state index is 0. The van der Waals surface area contributed by atoms with Crippen LogP contribution in [0.25, 0.3) is 0 Å². The van der Waals surface area contributed by atoms with Crippen LogP contribution in [0.15, 0.2) is 0 Å². The molecule has 0 spiro atoms. The fraction of sp³-hybridized carbons (Fsp3) is 0.667. The Morgan fingerprint density at radius 2 is 2.00 bits per heavy atom. The molecule has 0 aliphatic carbocycles. The van der Waals surface area contributed by atoms with Gasteiger partial charge in [0.05, 0.1) is 0 Å². The summed E-state index contributed by atoms with van der Waals surface area (Å²) in [5.74, 6) is 0. The van der Waals surface area contributed by atoms with Crippen LogP contribution in [-0.2, 0) is 8.96 Å². The van der Waals surface area contributed by atoms with E-state index in [9.17, 15) is 4.21 Å². The van der Waals surface area contributed by atoms with Crippen molar-refractivity contribution in [3.05, 3.63) is 0 Å². The van der Waals surface area contributed by atoms with Gasteiger partial charge in [-0.25, -0.2) is 0 Å². The number of nitrogens with zero attached hydrogens (tertiary/aromatic N) is 1. The minimum atomic E-state index is -2.11. The molecule has 0 aliphatic rings. The van der Waals surface area contributed by atoms with Crippen LogP contribution in [0.3, 0.4) is 0 Å². The average Bonchev–Trinajstić information content (AvgIpc) is 1.30. The van der Waals surface area contributed by atoms with Crippen LogP contribution in [0.5, 0.6) is 0 Å². The van der Waals surface area contributed by atoms with Gasteiger partial charge >= 0.3 is 29.6 Å². The van der Waals surface area contributed by atoms with Crippen molar-refractivity contribution in [3.63, 3.8) is 0 Å². The van der Waals surface area contributed by atoms with Gasteiger partial charge in [0.15, 0.2) is 0 Å². The molecule has 0 radical (unpaired) electrons. The second-order valence-corrected chi connectivity index (χ2v) is 7.49. The van der Waals surface area contributed by atoms with E-state index in [1.807, 2.05) is 0 Å². The SMILES string of the molecule is C[SH](C)(=O)SC#N.[NaH]. The molecule has 0 rings (SSSR count). The fourth-order valence-electron chi connectivity index (χ4n) is 0.0983. The van der Waals surface area contributed by atoms with Gasteiger partial charge in [0.25, 0.3) is 0 Å². The third kappa shape index (κ3) is 10.1. The summed E-state index contributed by atoms with van der Waals surface area (Å²) in [4.78, 5) is 0. The van der Waals surface area contributed by atoms with Gasteiger partial charge in [-0.2, -0.15) is 5.26 Å². The second kappa shape index (κ2) is 4.83. The van der Waals surface area contributed by atoms with Crippen LogP contribution in [0, 0.1) is 10.7 Å². The maximum atomic E-state index is 10.6. The summed E-state index contributed by atoms with van der Waals surface area (Å²) < 4.78 is 10.6. The number of hydrogen-bond donors (Lipinski definition) is 1. The predicted octanol–water partition coefficient (Wildman–Crippen LogP) is -0.257. The standard InChI is InChI=1S/C3H7NOS2.Na.H/c1-7(2,5)6-3-4;;/h7H,1-2H3;;. The van der Waals surface area contributed by atoms with Crippen molar-refractivity contribution < 1.29 is 4.21 Å². The molecule has 0 heterocycles. The number of nitriles is 1. The predicted molar refractivity (Wildman–Crippen MR) is 41.7 cm³/mol. The van der Waals surface area contributed by atoms with E-state index in [4.69, 9.17) is 5.26 Å². The van der Waals surface area contributed by atoms with Crippen molar-refractivity contribution in [1.82, 2.24) is 0 Å². The average molecular weight is 161 g/mol. The summed E-state index contributed by atoms with van der Waals surface area (Å²) in [5, 5.41) is 9.70. The van der Waals surface area contributed by atoms with Crippen molar-refractivity contribution in [1.29, 1.82) is 5.26 Å². The van der Waals surface area contributed by atoms with Gasteiger partial charge in [-0.1, -0.05) is 8.96 Å². The zero-order valence-corrected chi connectivity index (χ0v) is 5.92. The van der Waals surface area contributed by atoms with Gasteiger partial charge in [0.1, 0.15) is 5.40 Å². The van der Waals surface area contributed by atoms with Crippen molar-refractivity contribution in [2.24, 2.45) is 0 Å². The van der Waals surface area contributed by atoms with Crippen molar-refractivity contribution in [2.75, 3.05) is 12.5 Å². The van der Waals surface area contributed by atoms with Gasteiger partial charge in [0.2, 0.25) is 0 Å². The van der Waals surface area contributed by atoms with E-state index in [0.29, 0.717) is 0 Å². The van der Waals surface area contributed by atoms with E-state index in [0.717, 1.165) is 10.8 Å². The zero-order valence-electron chi connectivity index (χ0n) is 4.21. The first-order valence-electron chi connectivity index (χ1n) is 1.69. The van der Waals surface area contributed by atoms with E-state index >= 15 is 0 Å². The van der Waals surface area contributed by atoms with E-state index in [-0.39, 0.29) is 29.6 Å². The molecule has 0 atom stereocenters. The molecule has 0 amide bonds. The zero-order chi connectivity index (χ0) is 5.91. The molecule has 8 heavy (non-hydrogen) atoms. The van der Waals surface area contributed by atoms with Gasteiger partial charge in [-0.3, -0.25) is 4.21 Å². The molecule has 5 heteroatoms. The molecule has 0 aromatic carbocycles. The van der Waals surface area contributed by atoms with Crippen LogP contribution in [0.2, 0.25) is 0 Å². The van der Waals surface area contributed by atoms with Crippen molar-refractivity contribution in [2.45, 2.75) is 0 Å². The van der Waals surface area contributed by atoms with Crippen LogP contribution in [0.4, 0.5) is 0 Å². The molecular weight excluding hydrogens is 153 g/mol. The normalized spacial score (nSPS) is 11.1. The molecule has 0 N–H and O–H groups in total. The molecule has 0 unspecified atom stereocenters. The Hall–Kier alpha value is 0.990. The molecule has 2 nitrogen and oxygen atoms in total. The first-order chi connectivity index (χ1) is 3.06. The Balaban J connectivity index is 0. The van der Waals surface area contributed by atoms with Gasteiger partial charge < -0.3 is 0 Å². The molecule has 0 saturated heterocycles. The number of thiocyanates is 1. The van der Waals surface area contributed by atoms with E-state index in [1.54, 1.807) is 17.9 Å². The Morgan fingerprint density at radius 1 is 1.62 bits per heavy atom. The van der Waals surface area contributed by atoms with Crippen LogP contribution >= 0.6 is 10.8 Å². The molecule has 0 aromatic rings. The summed E-state index contributed by atoms with van der Waals surface area (Å²) in [6, 6.07) is 0. The molecule has 0 fully saturated rings. The molecule has 0 aromatic heterocycles. The first-order valence-corrected chi connectivity index (χ1v) is 5.71. The van der Waals surface area contributed by atoms with Gasteiger partial charge in [0, 0.05) is 10.8 Å². The Kier molecular flexibility index (Phi) is 7.09. The number of hydrogen-bond acceptors (Lipinski definition) is 3. The quantitative estimate of drug-likeness (QED) is 0.249. The van der Waals surface area contributed by atoms with Crippen LogP contribution < -0.4 is 0 Å². The van der Waals surface area contributed by atoms with E-state index in [1.165, 1.54) is 0 Å². The van der Waals surface area contributed by atoms with E-state index < -0.39 is 8.96 Å². The third-order valence-electron chi connectivity index (χ3n) is 0.261.